The van der Waals surface area contributed by atoms with Crippen molar-refractivity contribution in [3.05, 3.63) is 60.7 Å². The Kier molecular flexibility index (Phi) is 6.13. The average Bonchev–Trinajstić information content (AvgIpc) is 2.73. The predicted octanol–water partition coefficient (Wildman–Crippen LogP) is 2.92. The summed E-state index contributed by atoms with van der Waals surface area (Å²) in [5.41, 5.74) is 4.74. The van der Waals surface area contributed by atoms with E-state index in [0.717, 1.165) is 11.4 Å². The SMILES string of the molecule is CCS(=O)(=O)N1CCC(C(=O)NN(c2ccccc2)c2ccccc2)CC1. The minimum Gasteiger partial charge on any atom is -0.273 e. The highest BCUT2D eigenvalue weighted by Crippen LogP contribution is 2.25. The van der Waals surface area contributed by atoms with E-state index in [2.05, 4.69) is 5.43 Å². The second-order valence-corrected chi connectivity index (χ2v) is 8.81. The number of piperidine rings is 1. The molecule has 1 N–H and O–H groups in total. The highest BCUT2D eigenvalue weighted by Gasteiger charge is 2.31. The van der Waals surface area contributed by atoms with Crippen LogP contribution in [-0.2, 0) is 14.8 Å². The number of para-hydroxylation sites is 2. The van der Waals surface area contributed by atoms with E-state index < -0.39 is 10.0 Å². The van der Waals surface area contributed by atoms with Crippen molar-refractivity contribution >= 4 is 27.3 Å². The van der Waals surface area contributed by atoms with Crippen LogP contribution in [0.1, 0.15) is 19.8 Å². The highest BCUT2D eigenvalue weighted by molar-refractivity contribution is 7.89. The first-order valence-corrected chi connectivity index (χ1v) is 10.8. The van der Waals surface area contributed by atoms with Crippen molar-refractivity contribution in [1.29, 1.82) is 0 Å². The zero-order chi connectivity index (χ0) is 19.3. The minimum atomic E-state index is -3.19. The second-order valence-electron chi connectivity index (χ2n) is 6.56. The van der Waals surface area contributed by atoms with Crippen molar-refractivity contribution in [3.63, 3.8) is 0 Å². The Morgan fingerprint density at radius 2 is 1.48 bits per heavy atom. The monoisotopic (exact) mass is 387 g/mol. The van der Waals surface area contributed by atoms with E-state index in [0.29, 0.717) is 25.9 Å². The first-order valence-electron chi connectivity index (χ1n) is 9.20. The van der Waals surface area contributed by atoms with Gasteiger partial charge in [0.1, 0.15) is 0 Å². The van der Waals surface area contributed by atoms with Gasteiger partial charge >= 0.3 is 0 Å². The van der Waals surface area contributed by atoms with Crippen LogP contribution in [0.5, 0.6) is 0 Å². The number of hydrogen-bond donors (Lipinski definition) is 1. The van der Waals surface area contributed by atoms with E-state index in [9.17, 15) is 13.2 Å². The molecule has 0 atom stereocenters. The van der Waals surface area contributed by atoms with Gasteiger partial charge in [-0.1, -0.05) is 36.4 Å². The van der Waals surface area contributed by atoms with Crippen LogP contribution in [0.4, 0.5) is 11.4 Å². The van der Waals surface area contributed by atoms with E-state index in [1.165, 1.54) is 4.31 Å². The van der Waals surface area contributed by atoms with Crippen LogP contribution in [0.25, 0.3) is 0 Å². The highest BCUT2D eigenvalue weighted by atomic mass is 32.2. The number of carbonyl (C=O) groups excluding carboxylic acids is 1. The standard InChI is InChI=1S/C20H25N3O3S/c1-2-27(25,26)22-15-13-17(14-16-22)20(24)21-23(18-9-5-3-6-10-18)19-11-7-4-8-12-19/h3-12,17H,2,13-16H2,1H3,(H,21,24). The normalized spacial score (nSPS) is 16.0. The fourth-order valence-electron chi connectivity index (χ4n) is 3.21. The van der Waals surface area contributed by atoms with Gasteiger partial charge in [0, 0.05) is 19.0 Å². The number of benzene rings is 2. The minimum absolute atomic E-state index is 0.0868. The average molecular weight is 388 g/mol. The Morgan fingerprint density at radius 3 is 1.93 bits per heavy atom. The van der Waals surface area contributed by atoms with Gasteiger partial charge < -0.3 is 0 Å². The number of amides is 1. The van der Waals surface area contributed by atoms with Gasteiger partial charge in [-0.25, -0.2) is 12.7 Å². The lowest BCUT2D eigenvalue weighted by molar-refractivity contribution is -0.126. The molecule has 1 heterocycles. The molecule has 1 saturated heterocycles. The molecule has 1 amide bonds. The van der Waals surface area contributed by atoms with Crippen LogP contribution in [0.15, 0.2) is 60.7 Å². The van der Waals surface area contributed by atoms with Crippen molar-refractivity contribution in [3.8, 4) is 0 Å². The summed E-state index contributed by atoms with van der Waals surface area (Å²) in [7, 11) is -3.19. The summed E-state index contributed by atoms with van der Waals surface area (Å²) in [4.78, 5) is 12.9. The maximum atomic E-state index is 12.9. The molecular weight excluding hydrogens is 362 g/mol. The predicted molar refractivity (Wildman–Crippen MR) is 107 cm³/mol. The fourth-order valence-corrected chi connectivity index (χ4v) is 4.34. The molecule has 144 valence electrons. The molecule has 1 fully saturated rings. The van der Waals surface area contributed by atoms with Crippen LogP contribution in [0.2, 0.25) is 0 Å². The Labute approximate surface area is 160 Å². The maximum Gasteiger partial charge on any atom is 0.242 e. The molecule has 0 aromatic heterocycles. The largest absolute Gasteiger partial charge is 0.273 e. The zero-order valence-corrected chi connectivity index (χ0v) is 16.2. The van der Waals surface area contributed by atoms with E-state index in [-0.39, 0.29) is 17.6 Å². The number of sulfonamides is 1. The van der Waals surface area contributed by atoms with Gasteiger partial charge in [0.2, 0.25) is 15.9 Å². The van der Waals surface area contributed by atoms with Crippen molar-refractivity contribution in [2.24, 2.45) is 5.92 Å². The molecule has 0 unspecified atom stereocenters. The molecule has 27 heavy (non-hydrogen) atoms. The van der Waals surface area contributed by atoms with E-state index >= 15 is 0 Å². The van der Waals surface area contributed by atoms with Crippen LogP contribution in [0.3, 0.4) is 0 Å². The summed E-state index contributed by atoms with van der Waals surface area (Å²) in [6.45, 7) is 2.43. The lowest BCUT2D eigenvalue weighted by Crippen LogP contribution is -2.47. The molecule has 6 nitrogen and oxygen atoms in total. The third-order valence-electron chi connectivity index (χ3n) is 4.83. The second kappa shape index (κ2) is 8.54. The molecule has 3 rings (SSSR count). The molecule has 2 aromatic rings. The molecule has 7 heteroatoms. The van der Waals surface area contributed by atoms with Crippen molar-refractivity contribution in [1.82, 2.24) is 9.73 Å². The molecular formula is C20H25N3O3S. The summed E-state index contributed by atoms with van der Waals surface area (Å²) in [5.74, 6) is -0.195. The molecule has 0 aliphatic carbocycles. The number of nitrogens with one attached hydrogen (secondary N) is 1. The van der Waals surface area contributed by atoms with Gasteiger partial charge in [-0.15, -0.1) is 0 Å². The van der Waals surface area contributed by atoms with Gasteiger partial charge in [-0.05, 0) is 44.0 Å². The van der Waals surface area contributed by atoms with Crippen LogP contribution in [-0.4, -0.2) is 37.5 Å². The van der Waals surface area contributed by atoms with Gasteiger partial charge in [0.05, 0.1) is 17.1 Å². The Morgan fingerprint density at radius 1 is 1.00 bits per heavy atom. The van der Waals surface area contributed by atoms with Crippen molar-refractivity contribution in [2.45, 2.75) is 19.8 Å². The number of hydrogen-bond acceptors (Lipinski definition) is 4. The lowest BCUT2D eigenvalue weighted by Gasteiger charge is -2.32. The van der Waals surface area contributed by atoms with Gasteiger partial charge in [0.25, 0.3) is 0 Å². The first kappa shape index (κ1) is 19.4. The Bertz CT molecular complexity index is 809. The number of hydrazine groups is 1. The van der Waals surface area contributed by atoms with E-state index in [1.807, 2.05) is 60.7 Å². The summed E-state index contributed by atoms with van der Waals surface area (Å²) < 4.78 is 25.5. The summed E-state index contributed by atoms with van der Waals surface area (Å²) >= 11 is 0. The molecule has 0 saturated carbocycles. The third kappa shape index (κ3) is 4.67. The van der Waals surface area contributed by atoms with Gasteiger partial charge in [0.15, 0.2) is 0 Å². The molecule has 2 aromatic carbocycles. The van der Waals surface area contributed by atoms with Crippen LogP contribution >= 0.6 is 0 Å². The smallest absolute Gasteiger partial charge is 0.242 e. The van der Waals surface area contributed by atoms with Gasteiger partial charge in [-0.2, -0.15) is 0 Å². The number of nitrogens with zero attached hydrogens (tertiary/aromatic N) is 2. The molecule has 0 bridgehead atoms. The Balaban J connectivity index is 1.71. The molecule has 1 aliphatic heterocycles. The molecule has 0 spiro atoms. The number of carbonyl (C=O) groups is 1. The van der Waals surface area contributed by atoms with E-state index in [4.69, 9.17) is 0 Å². The molecule has 1 aliphatic rings. The summed E-state index contributed by atoms with van der Waals surface area (Å²) in [6.07, 6.45) is 1.06. The fraction of sp³-hybridized carbons (Fsp3) is 0.350. The quantitative estimate of drug-likeness (QED) is 0.774. The topological polar surface area (TPSA) is 69.7 Å². The summed E-state index contributed by atoms with van der Waals surface area (Å²) in [5, 5.41) is 1.78. The lowest BCUT2D eigenvalue weighted by atomic mass is 9.97. The summed E-state index contributed by atoms with van der Waals surface area (Å²) in [6, 6.07) is 19.3. The van der Waals surface area contributed by atoms with Crippen LogP contribution < -0.4 is 10.4 Å². The third-order valence-corrected chi connectivity index (χ3v) is 6.72. The zero-order valence-electron chi connectivity index (χ0n) is 15.4. The van der Waals surface area contributed by atoms with Gasteiger partial charge in [-0.3, -0.25) is 15.2 Å². The van der Waals surface area contributed by atoms with Crippen molar-refractivity contribution in [2.75, 3.05) is 23.9 Å². The van der Waals surface area contributed by atoms with Crippen molar-refractivity contribution < 1.29 is 13.2 Å². The first-order chi connectivity index (χ1) is 13.0. The number of anilines is 2. The maximum absolute atomic E-state index is 12.9. The van der Waals surface area contributed by atoms with E-state index in [1.54, 1.807) is 11.9 Å². The van der Waals surface area contributed by atoms with Crippen LogP contribution in [0, 0.1) is 5.92 Å². The molecule has 0 radical (unpaired) electrons. The number of rotatable bonds is 6. The Hall–Kier alpha value is -2.38.